The molecule has 1 N–H and O–H groups in total. The summed E-state index contributed by atoms with van der Waals surface area (Å²) in [6, 6.07) is 4.21. The van der Waals surface area contributed by atoms with Gasteiger partial charge in [-0.25, -0.2) is 0 Å². The summed E-state index contributed by atoms with van der Waals surface area (Å²) in [7, 11) is 0. The van der Waals surface area contributed by atoms with Gasteiger partial charge in [0.1, 0.15) is 0 Å². The number of hydrogen-bond donors (Lipinski definition) is 1. The molecule has 0 unspecified atom stereocenters. The van der Waals surface area contributed by atoms with Crippen molar-refractivity contribution in [2.45, 2.75) is 6.18 Å². The SMILES string of the molecule is O=C(CNC(=O)C(F)(F)F)c1ccc(Cl)cc1Br. The molecule has 0 aliphatic rings. The molecule has 1 amide bonds. The molecule has 98 valence electrons. The van der Waals surface area contributed by atoms with Gasteiger partial charge in [-0.05, 0) is 34.1 Å². The van der Waals surface area contributed by atoms with Crippen LogP contribution in [0.3, 0.4) is 0 Å². The third-order valence-electron chi connectivity index (χ3n) is 1.90. The zero-order chi connectivity index (χ0) is 13.9. The summed E-state index contributed by atoms with van der Waals surface area (Å²) in [6.07, 6.45) is -5.00. The minimum Gasteiger partial charge on any atom is -0.341 e. The Hall–Kier alpha value is -1.08. The molecule has 0 aliphatic heterocycles. The summed E-state index contributed by atoms with van der Waals surface area (Å²) in [5, 5.41) is 1.87. The average molecular weight is 345 g/mol. The van der Waals surface area contributed by atoms with Crippen molar-refractivity contribution in [3.05, 3.63) is 33.3 Å². The van der Waals surface area contributed by atoms with E-state index in [1.54, 1.807) is 0 Å². The number of rotatable bonds is 3. The highest BCUT2D eigenvalue weighted by Crippen LogP contribution is 2.22. The lowest BCUT2D eigenvalue weighted by Crippen LogP contribution is -2.39. The Bertz CT molecular complexity index is 491. The maximum atomic E-state index is 11.9. The van der Waals surface area contributed by atoms with Crippen molar-refractivity contribution in [1.29, 1.82) is 0 Å². The lowest BCUT2D eigenvalue weighted by molar-refractivity contribution is -0.173. The first-order valence-electron chi connectivity index (χ1n) is 4.55. The molecular formula is C10H6BrClF3NO2. The predicted molar refractivity (Wildman–Crippen MR) is 62.5 cm³/mol. The molecule has 0 spiro atoms. The summed E-state index contributed by atoms with van der Waals surface area (Å²) in [6.45, 7) is -0.738. The number of ketones is 1. The predicted octanol–water partition coefficient (Wildman–Crippen LogP) is 2.96. The second kappa shape index (κ2) is 5.71. The van der Waals surface area contributed by atoms with Crippen LogP contribution in [0.2, 0.25) is 5.02 Å². The monoisotopic (exact) mass is 343 g/mol. The maximum absolute atomic E-state index is 11.9. The first-order valence-corrected chi connectivity index (χ1v) is 5.72. The van der Waals surface area contributed by atoms with Crippen LogP contribution < -0.4 is 5.32 Å². The fourth-order valence-electron chi connectivity index (χ4n) is 1.07. The lowest BCUT2D eigenvalue weighted by atomic mass is 10.1. The van der Waals surface area contributed by atoms with Crippen molar-refractivity contribution in [3.8, 4) is 0 Å². The van der Waals surface area contributed by atoms with Crippen LogP contribution in [0.4, 0.5) is 13.2 Å². The molecule has 0 heterocycles. The van der Waals surface area contributed by atoms with Gasteiger partial charge in [-0.1, -0.05) is 11.6 Å². The van der Waals surface area contributed by atoms with Crippen LogP contribution in [0.15, 0.2) is 22.7 Å². The number of hydrogen-bond acceptors (Lipinski definition) is 2. The van der Waals surface area contributed by atoms with Crippen LogP contribution in [-0.2, 0) is 4.79 Å². The quantitative estimate of drug-likeness (QED) is 0.857. The molecule has 0 radical (unpaired) electrons. The average Bonchev–Trinajstić information content (AvgIpc) is 2.24. The molecule has 1 aromatic carbocycles. The Kier molecular flexibility index (Phi) is 4.75. The number of amides is 1. The molecule has 3 nitrogen and oxygen atoms in total. The molecule has 18 heavy (non-hydrogen) atoms. The number of alkyl halides is 3. The second-order valence-corrected chi connectivity index (χ2v) is 4.52. The first-order chi connectivity index (χ1) is 8.21. The molecule has 0 atom stereocenters. The number of nitrogens with one attached hydrogen (secondary N) is 1. The molecule has 0 saturated heterocycles. The summed E-state index contributed by atoms with van der Waals surface area (Å²) in [4.78, 5) is 22.1. The lowest BCUT2D eigenvalue weighted by Gasteiger charge is -2.08. The highest BCUT2D eigenvalue weighted by Gasteiger charge is 2.38. The molecule has 0 bridgehead atoms. The highest BCUT2D eigenvalue weighted by atomic mass is 79.9. The number of benzene rings is 1. The molecule has 0 fully saturated rings. The van der Waals surface area contributed by atoms with E-state index >= 15 is 0 Å². The van der Waals surface area contributed by atoms with Gasteiger partial charge in [-0.2, -0.15) is 13.2 Å². The van der Waals surface area contributed by atoms with Gasteiger partial charge in [0.15, 0.2) is 5.78 Å². The Morgan fingerprint density at radius 3 is 2.44 bits per heavy atom. The van der Waals surface area contributed by atoms with Gasteiger partial charge in [0, 0.05) is 15.1 Å². The number of Topliss-reactive ketones (excluding diaryl/α,β-unsaturated/α-hetero) is 1. The van der Waals surface area contributed by atoms with E-state index in [0.29, 0.717) is 9.50 Å². The van der Waals surface area contributed by atoms with E-state index in [1.165, 1.54) is 23.5 Å². The summed E-state index contributed by atoms with van der Waals surface area (Å²) >= 11 is 8.70. The zero-order valence-corrected chi connectivity index (χ0v) is 11.0. The van der Waals surface area contributed by atoms with Crippen LogP contribution in [0.25, 0.3) is 0 Å². The van der Waals surface area contributed by atoms with Crippen LogP contribution in [-0.4, -0.2) is 24.4 Å². The standard InChI is InChI=1S/C10H6BrClF3NO2/c11-7-3-5(12)1-2-6(7)8(17)4-16-9(18)10(13,14)15/h1-3H,4H2,(H,16,18). The van der Waals surface area contributed by atoms with Gasteiger partial charge in [0.2, 0.25) is 0 Å². The third kappa shape index (κ3) is 3.99. The topological polar surface area (TPSA) is 46.2 Å². The Balaban J connectivity index is 2.70. The minimum absolute atomic E-state index is 0.141. The third-order valence-corrected chi connectivity index (χ3v) is 2.79. The number of carbonyl (C=O) groups is 2. The molecule has 0 aromatic heterocycles. The fraction of sp³-hybridized carbons (Fsp3) is 0.200. The second-order valence-electron chi connectivity index (χ2n) is 3.23. The van der Waals surface area contributed by atoms with Crippen molar-refractivity contribution in [2.75, 3.05) is 6.54 Å². The highest BCUT2D eigenvalue weighted by molar-refractivity contribution is 9.10. The molecular weight excluding hydrogens is 338 g/mol. The van der Waals surface area contributed by atoms with Crippen molar-refractivity contribution >= 4 is 39.2 Å². The molecule has 8 heteroatoms. The van der Waals surface area contributed by atoms with Gasteiger partial charge in [-0.15, -0.1) is 0 Å². The van der Waals surface area contributed by atoms with Gasteiger partial charge in [0.25, 0.3) is 0 Å². The minimum atomic E-state index is -5.00. The number of carbonyl (C=O) groups excluding carboxylic acids is 2. The fourth-order valence-corrected chi connectivity index (χ4v) is 1.98. The van der Waals surface area contributed by atoms with Crippen LogP contribution in [0.1, 0.15) is 10.4 Å². The van der Waals surface area contributed by atoms with Crippen LogP contribution >= 0.6 is 27.5 Å². The van der Waals surface area contributed by atoms with Gasteiger partial charge >= 0.3 is 12.1 Å². The normalized spacial score (nSPS) is 11.2. The van der Waals surface area contributed by atoms with E-state index < -0.39 is 24.4 Å². The van der Waals surface area contributed by atoms with E-state index in [2.05, 4.69) is 15.9 Å². The summed E-state index contributed by atoms with van der Waals surface area (Å²) in [5.41, 5.74) is 0.141. The smallest absolute Gasteiger partial charge is 0.341 e. The van der Waals surface area contributed by atoms with Gasteiger partial charge in [-0.3, -0.25) is 9.59 Å². The largest absolute Gasteiger partial charge is 0.471 e. The van der Waals surface area contributed by atoms with Crippen molar-refractivity contribution in [3.63, 3.8) is 0 Å². The van der Waals surface area contributed by atoms with Crippen molar-refractivity contribution < 1.29 is 22.8 Å². The van der Waals surface area contributed by atoms with E-state index in [1.807, 2.05) is 0 Å². The van der Waals surface area contributed by atoms with E-state index in [-0.39, 0.29) is 5.56 Å². The zero-order valence-electron chi connectivity index (χ0n) is 8.65. The maximum Gasteiger partial charge on any atom is 0.471 e. The first kappa shape index (κ1) is 15.0. The summed E-state index contributed by atoms with van der Waals surface area (Å²) < 4.78 is 36.0. The van der Waals surface area contributed by atoms with Gasteiger partial charge < -0.3 is 5.32 Å². The van der Waals surface area contributed by atoms with E-state index in [0.717, 1.165) is 0 Å². The van der Waals surface area contributed by atoms with E-state index in [9.17, 15) is 22.8 Å². The van der Waals surface area contributed by atoms with Crippen molar-refractivity contribution in [2.24, 2.45) is 0 Å². The Morgan fingerprint density at radius 1 is 1.33 bits per heavy atom. The number of halogens is 5. The Labute approximate surface area is 113 Å². The Morgan fingerprint density at radius 2 is 1.94 bits per heavy atom. The van der Waals surface area contributed by atoms with E-state index in [4.69, 9.17) is 11.6 Å². The van der Waals surface area contributed by atoms with Crippen LogP contribution in [0, 0.1) is 0 Å². The molecule has 0 saturated carbocycles. The van der Waals surface area contributed by atoms with Crippen LogP contribution in [0.5, 0.6) is 0 Å². The molecule has 1 aromatic rings. The molecule has 0 aliphatic carbocycles. The van der Waals surface area contributed by atoms with Gasteiger partial charge in [0.05, 0.1) is 6.54 Å². The molecule has 1 rings (SSSR count). The summed E-state index contributed by atoms with van der Waals surface area (Å²) in [5.74, 6) is -2.81. The van der Waals surface area contributed by atoms with Crippen molar-refractivity contribution in [1.82, 2.24) is 5.32 Å².